The second kappa shape index (κ2) is 12.7. The molecule has 1 aromatic heterocycles. The number of hydrogen-bond acceptors (Lipinski definition) is 7. The van der Waals surface area contributed by atoms with E-state index in [1.54, 1.807) is 25.1 Å². The first-order valence-electron chi connectivity index (χ1n) is 11.8. The Hall–Kier alpha value is -3.86. The molecule has 0 unspecified atom stereocenters. The van der Waals surface area contributed by atoms with Crippen molar-refractivity contribution in [1.29, 1.82) is 5.26 Å². The number of rotatable bonds is 8. The molecule has 36 heavy (non-hydrogen) atoms. The molecule has 1 aliphatic heterocycles. The van der Waals surface area contributed by atoms with Crippen molar-refractivity contribution in [2.24, 2.45) is 0 Å². The Bertz CT molecular complexity index is 1370. The Labute approximate surface area is 214 Å². The van der Waals surface area contributed by atoms with E-state index in [2.05, 4.69) is 21.5 Å². The summed E-state index contributed by atoms with van der Waals surface area (Å²) >= 11 is 1.05. The van der Waals surface area contributed by atoms with Crippen molar-refractivity contribution in [3.05, 3.63) is 43.8 Å². The maximum atomic E-state index is 12.9. The normalized spacial score (nSPS) is 14.9. The van der Waals surface area contributed by atoms with Gasteiger partial charge in [-0.25, -0.2) is 0 Å². The molecule has 0 bridgehead atoms. The van der Waals surface area contributed by atoms with Crippen LogP contribution in [-0.4, -0.2) is 54.5 Å². The lowest BCUT2D eigenvalue weighted by molar-refractivity contribution is -0.119. The molecule has 2 heterocycles. The fourth-order valence-electron chi connectivity index (χ4n) is 3.92. The predicted octanol–water partition coefficient (Wildman–Crippen LogP) is 0.652. The molecular formula is C26H30N6O3S. The first kappa shape index (κ1) is 26.7. The van der Waals surface area contributed by atoms with Crippen LogP contribution in [0.1, 0.15) is 26.2 Å². The van der Waals surface area contributed by atoms with Crippen LogP contribution in [-0.2, 0) is 16.1 Å². The van der Waals surface area contributed by atoms with Crippen LogP contribution in [0.5, 0.6) is 0 Å². The van der Waals surface area contributed by atoms with E-state index in [1.165, 1.54) is 11.0 Å². The third-order valence-electron chi connectivity index (χ3n) is 5.91. The lowest BCUT2D eigenvalue weighted by Gasteiger charge is -2.28. The van der Waals surface area contributed by atoms with Gasteiger partial charge in [-0.1, -0.05) is 18.4 Å². The van der Waals surface area contributed by atoms with Crippen molar-refractivity contribution in [3.63, 3.8) is 0 Å². The number of likely N-dealkylation sites (tertiary alicyclic amines) is 1. The predicted molar refractivity (Wildman–Crippen MR) is 143 cm³/mol. The molecule has 0 aliphatic carbocycles. The number of nitrogens with one attached hydrogen (secondary N) is 2. The minimum Gasteiger partial charge on any atom is -0.360 e. The molecule has 0 saturated carbocycles. The molecule has 1 fully saturated rings. The van der Waals surface area contributed by atoms with Crippen molar-refractivity contribution in [1.82, 2.24) is 14.8 Å². The quantitative estimate of drug-likeness (QED) is 0.509. The van der Waals surface area contributed by atoms with E-state index in [0.29, 0.717) is 23.3 Å². The smallest absolute Gasteiger partial charge is 0.270 e. The minimum atomic E-state index is -0.622. The number of anilines is 2. The summed E-state index contributed by atoms with van der Waals surface area (Å²) in [5.74, 6) is 1.69. The zero-order valence-corrected chi connectivity index (χ0v) is 21.4. The van der Waals surface area contributed by atoms with Gasteiger partial charge in [0.25, 0.3) is 11.5 Å². The van der Waals surface area contributed by atoms with Gasteiger partial charge in [-0.3, -0.25) is 23.9 Å². The molecule has 9 nitrogen and oxygen atoms in total. The number of nitriles is 1. The van der Waals surface area contributed by atoms with Crippen molar-refractivity contribution in [2.75, 3.05) is 43.4 Å². The van der Waals surface area contributed by atoms with Crippen LogP contribution in [0.4, 0.5) is 11.4 Å². The summed E-state index contributed by atoms with van der Waals surface area (Å²) in [4.78, 5) is 41.9. The van der Waals surface area contributed by atoms with Gasteiger partial charge in [0.05, 0.1) is 13.1 Å². The SMILES string of the molecule is C#CCNC(=O)C(C#N)=c1sc(=CNc2cccc(N(C)C(=O)CN3CCCCC3)c2)c(=O)n1CC. The fourth-order valence-corrected chi connectivity index (χ4v) is 5.01. The highest BCUT2D eigenvalue weighted by Crippen LogP contribution is 2.19. The van der Waals surface area contributed by atoms with Gasteiger partial charge in [-0.05, 0) is 51.1 Å². The number of benzene rings is 1. The number of thiazole rings is 1. The summed E-state index contributed by atoms with van der Waals surface area (Å²) in [7, 11) is 1.76. The Balaban J connectivity index is 1.84. The van der Waals surface area contributed by atoms with Crippen LogP contribution in [0.3, 0.4) is 0 Å². The van der Waals surface area contributed by atoms with Crippen molar-refractivity contribution in [2.45, 2.75) is 32.7 Å². The summed E-state index contributed by atoms with van der Waals surface area (Å²) in [5, 5.41) is 15.1. The number of hydrogen-bond donors (Lipinski definition) is 2. The molecule has 10 heteroatoms. The number of amides is 2. The highest BCUT2D eigenvalue weighted by molar-refractivity contribution is 7.07. The van der Waals surface area contributed by atoms with E-state index in [4.69, 9.17) is 6.42 Å². The number of likely N-dealkylation sites (N-methyl/N-ethyl adjacent to an activating group) is 1. The lowest BCUT2D eigenvalue weighted by Crippen LogP contribution is -2.40. The zero-order valence-electron chi connectivity index (χ0n) is 20.5. The van der Waals surface area contributed by atoms with Gasteiger partial charge in [-0.2, -0.15) is 5.26 Å². The Morgan fingerprint density at radius 3 is 2.69 bits per heavy atom. The van der Waals surface area contributed by atoms with Crippen LogP contribution >= 0.6 is 11.3 Å². The standard InChI is InChI=1S/C26H30N6O3S/c1-4-12-28-24(34)21(16-27)26-32(5-2)25(35)22(36-26)17-29-19-10-9-11-20(15-19)30(3)23(33)18-31-13-7-6-8-14-31/h1,9-11,15,17,29H,5-8,12-14,18H2,2-3H3,(H,28,34). The van der Waals surface area contributed by atoms with Gasteiger partial charge in [0.1, 0.15) is 15.3 Å². The maximum absolute atomic E-state index is 12.9. The minimum absolute atomic E-state index is 0.0163. The molecule has 188 valence electrons. The third-order valence-corrected chi connectivity index (χ3v) is 7.04. The first-order valence-corrected chi connectivity index (χ1v) is 12.6. The van der Waals surface area contributed by atoms with Crippen LogP contribution in [0.25, 0.3) is 11.8 Å². The molecule has 0 atom stereocenters. The van der Waals surface area contributed by atoms with E-state index in [-0.39, 0.29) is 28.2 Å². The Morgan fingerprint density at radius 1 is 1.28 bits per heavy atom. The monoisotopic (exact) mass is 506 g/mol. The number of piperidine rings is 1. The molecule has 2 amide bonds. The maximum Gasteiger partial charge on any atom is 0.270 e. The Kier molecular flexibility index (Phi) is 9.46. The van der Waals surface area contributed by atoms with Gasteiger partial charge >= 0.3 is 0 Å². The average Bonchev–Trinajstić information content (AvgIpc) is 3.21. The second-order valence-corrected chi connectivity index (χ2v) is 9.35. The largest absolute Gasteiger partial charge is 0.360 e. The molecule has 2 N–H and O–H groups in total. The molecular weight excluding hydrogens is 476 g/mol. The van der Waals surface area contributed by atoms with E-state index in [0.717, 1.165) is 43.0 Å². The van der Waals surface area contributed by atoms with Crippen LogP contribution < -0.4 is 30.3 Å². The zero-order chi connectivity index (χ0) is 26.1. The topological polar surface area (TPSA) is 110 Å². The van der Waals surface area contributed by atoms with E-state index in [1.807, 2.05) is 30.3 Å². The van der Waals surface area contributed by atoms with Gasteiger partial charge in [-0.15, -0.1) is 17.8 Å². The number of carbonyl (C=O) groups excluding carboxylic acids is 2. The van der Waals surface area contributed by atoms with Crippen LogP contribution in [0.2, 0.25) is 0 Å². The summed E-state index contributed by atoms with van der Waals surface area (Å²) in [6, 6.07) is 9.24. The molecule has 1 aromatic carbocycles. The Morgan fingerprint density at radius 2 is 2.03 bits per heavy atom. The number of nitrogens with zero attached hydrogens (tertiary/aromatic N) is 4. The molecule has 0 radical (unpaired) electrons. The van der Waals surface area contributed by atoms with E-state index in [9.17, 15) is 19.6 Å². The van der Waals surface area contributed by atoms with Crippen molar-refractivity contribution >= 4 is 46.3 Å². The summed E-state index contributed by atoms with van der Waals surface area (Å²) in [5.41, 5.74) is 0.953. The van der Waals surface area contributed by atoms with Gasteiger partial charge < -0.3 is 15.5 Å². The van der Waals surface area contributed by atoms with Crippen molar-refractivity contribution in [3.8, 4) is 18.4 Å². The highest BCUT2D eigenvalue weighted by atomic mass is 32.1. The lowest BCUT2D eigenvalue weighted by atomic mass is 10.1. The molecule has 0 spiro atoms. The first-order chi connectivity index (χ1) is 17.4. The van der Waals surface area contributed by atoms with Gasteiger partial charge in [0.2, 0.25) is 5.91 Å². The second-order valence-electron chi connectivity index (χ2n) is 8.32. The molecule has 2 aromatic rings. The van der Waals surface area contributed by atoms with E-state index >= 15 is 0 Å². The summed E-state index contributed by atoms with van der Waals surface area (Å²) in [6.07, 6.45) is 10.2. The fraction of sp³-hybridized carbons (Fsp3) is 0.385. The van der Waals surface area contributed by atoms with Gasteiger partial charge in [0.15, 0.2) is 5.57 Å². The third kappa shape index (κ3) is 6.42. The summed E-state index contributed by atoms with van der Waals surface area (Å²) < 4.78 is 1.99. The molecule has 1 saturated heterocycles. The van der Waals surface area contributed by atoms with Crippen molar-refractivity contribution < 1.29 is 9.59 Å². The van der Waals surface area contributed by atoms with Gasteiger partial charge in [0, 0.05) is 31.2 Å². The number of terminal acetylenes is 1. The molecule has 1 aliphatic rings. The number of aromatic nitrogens is 1. The van der Waals surface area contributed by atoms with E-state index < -0.39 is 5.91 Å². The van der Waals surface area contributed by atoms with Crippen LogP contribution in [0.15, 0.2) is 29.1 Å². The highest BCUT2D eigenvalue weighted by Gasteiger charge is 2.18. The number of carbonyl (C=O) groups is 2. The summed E-state index contributed by atoms with van der Waals surface area (Å²) in [6.45, 7) is 4.34. The van der Waals surface area contributed by atoms with Crippen LogP contribution in [0, 0.1) is 23.7 Å². The molecule has 3 rings (SSSR count). The average molecular weight is 507 g/mol.